The van der Waals surface area contributed by atoms with Crippen LogP contribution in [0.4, 0.5) is 0 Å². The Morgan fingerprint density at radius 1 is 1.64 bits per heavy atom. The lowest BCUT2D eigenvalue weighted by Crippen LogP contribution is -2.13. The molecule has 0 amide bonds. The Balaban J connectivity index is 2.50. The van der Waals surface area contributed by atoms with Crippen LogP contribution in [0.1, 0.15) is 6.92 Å². The smallest absolute Gasteiger partial charge is 0.0404 e. The molecule has 0 saturated carbocycles. The largest absolute Gasteiger partial charge is 0.393 e. The van der Waals surface area contributed by atoms with E-state index in [1.54, 1.807) is 0 Å². The molecular weight excluding hydrogens is 136 g/mol. The van der Waals surface area contributed by atoms with Gasteiger partial charge >= 0.3 is 0 Å². The SMILES string of the molecule is CN/C=C\N1C=C(C)C=CC1. The summed E-state index contributed by atoms with van der Waals surface area (Å²) in [5.74, 6) is 0. The summed E-state index contributed by atoms with van der Waals surface area (Å²) >= 11 is 0. The van der Waals surface area contributed by atoms with E-state index < -0.39 is 0 Å². The van der Waals surface area contributed by atoms with Gasteiger partial charge in [-0.1, -0.05) is 12.2 Å². The first kappa shape index (κ1) is 7.92. The van der Waals surface area contributed by atoms with Crippen LogP contribution >= 0.6 is 0 Å². The molecule has 1 aliphatic heterocycles. The van der Waals surface area contributed by atoms with Gasteiger partial charge in [-0.3, -0.25) is 0 Å². The van der Waals surface area contributed by atoms with Gasteiger partial charge in [0, 0.05) is 32.2 Å². The van der Waals surface area contributed by atoms with Crippen molar-refractivity contribution in [3.8, 4) is 0 Å². The van der Waals surface area contributed by atoms with Crippen LogP contribution in [0.15, 0.2) is 36.3 Å². The third-order valence-electron chi connectivity index (χ3n) is 1.50. The quantitative estimate of drug-likeness (QED) is 0.641. The summed E-state index contributed by atoms with van der Waals surface area (Å²) < 4.78 is 0. The monoisotopic (exact) mass is 150 g/mol. The van der Waals surface area contributed by atoms with Crippen molar-refractivity contribution in [1.29, 1.82) is 0 Å². The zero-order valence-electron chi connectivity index (χ0n) is 7.04. The average molecular weight is 150 g/mol. The number of hydrogen-bond acceptors (Lipinski definition) is 2. The Morgan fingerprint density at radius 3 is 3.09 bits per heavy atom. The van der Waals surface area contributed by atoms with Crippen LogP contribution in [0.25, 0.3) is 0 Å². The van der Waals surface area contributed by atoms with Gasteiger partial charge in [0.1, 0.15) is 0 Å². The van der Waals surface area contributed by atoms with Crippen molar-refractivity contribution in [3.63, 3.8) is 0 Å². The first-order valence-electron chi connectivity index (χ1n) is 3.77. The lowest BCUT2D eigenvalue weighted by Gasteiger charge is -2.17. The highest BCUT2D eigenvalue weighted by molar-refractivity contribution is 5.20. The highest BCUT2D eigenvalue weighted by atomic mass is 15.1. The van der Waals surface area contributed by atoms with Crippen LogP contribution < -0.4 is 5.32 Å². The Morgan fingerprint density at radius 2 is 2.45 bits per heavy atom. The van der Waals surface area contributed by atoms with E-state index in [1.807, 2.05) is 19.4 Å². The predicted molar refractivity (Wildman–Crippen MR) is 47.8 cm³/mol. The molecule has 0 aliphatic carbocycles. The van der Waals surface area contributed by atoms with Gasteiger partial charge in [0.15, 0.2) is 0 Å². The Kier molecular flexibility index (Phi) is 2.78. The molecule has 0 radical (unpaired) electrons. The zero-order chi connectivity index (χ0) is 8.10. The fourth-order valence-electron chi connectivity index (χ4n) is 0.992. The van der Waals surface area contributed by atoms with Crippen molar-refractivity contribution in [2.45, 2.75) is 6.92 Å². The normalized spacial score (nSPS) is 17.3. The first-order valence-corrected chi connectivity index (χ1v) is 3.77. The second kappa shape index (κ2) is 3.86. The number of allylic oxidation sites excluding steroid dienone is 2. The Hall–Kier alpha value is -1.18. The molecule has 0 bridgehead atoms. The Labute approximate surface area is 67.9 Å². The molecule has 1 aliphatic rings. The van der Waals surface area contributed by atoms with E-state index in [-0.39, 0.29) is 0 Å². The van der Waals surface area contributed by atoms with Gasteiger partial charge in [-0.05, 0) is 12.5 Å². The van der Waals surface area contributed by atoms with E-state index in [0.29, 0.717) is 0 Å². The number of nitrogens with one attached hydrogen (secondary N) is 1. The summed E-state index contributed by atoms with van der Waals surface area (Å²) in [6.07, 6.45) is 10.3. The molecular formula is C9H14N2. The standard InChI is InChI=1S/C9H14N2/c1-9-4-3-6-11(8-9)7-5-10-2/h3-5,7-8,10H,6H2,1-2H3/b7-5-. The number of hydrogen-bond donors (Lipinski definition) is 1. The van der Waals surface area contributed by atoms with Crippen molar-refractivity contribution in [2.24, 2.45) is 0 Å². The molecule has 0 unspecified atom stereocenters. The van der Waals surface area contributed by atoms with Crippen LogP contribution in [0, 0.1) is 0 Å². The van der Waals surface area contributed by atoms with Crippen molar-refractivity contribution >= 4 is 0 Å². The maximum Gasteiger partial charge on any atom is 0.0404 e. The van der Waals surface area contributed by atoms with Crippen molar-refractivity contribution in [2.75, 3.05) is 13.6 Å². The van der Waals surface area contributed by atoms with Gasteiger partial charge in [0.05, 0.1) is 0 Å². The van der Waals surface area contributed by atoms with Crippen LogP contribution in [-0.2, 0) is 0 Å². The molecule has 2 nitrogen and oxygen atoms in total. The third kappa shape index (κ3) is 2.50. The highest BCUT2D eigenvalue weighted by Crippen LogP contribution is 2.05. The second-order valence-electron chi connectivity index (χ2n) is 2.58. The van der Waals surface area contributed by atoms with Crippen LogP contribution in [0.5, 0.6) is 0 Å². The van der Waals surface area contributed by atoms with Crippen molar-refractivity contribution in [3.05, 3.63) is 36.3 Å². The van der Waals surface area contributed by atoms with Gasteiger partial charge in [0.25, 0.3) is 0 Å². The Bertz CT molecular complexity index is 202. The molecule has 0 fully saturated rings. The minimum atomic E-state index is 0.968. The maximum absolute atomic E-state index is 2.95. The van der Waals surface area contributed by atoms with Crippen molar-refractivity contribution in [1.82, 2.24) is 10.2 Å². The molecule has 0 saturated heterocycles. The zero-order valence-corrected chi connectivity index (χ0v) is 7.04. The molecule has 1 heterocycles. The molecule has 1 N–H and O–H groups in total. The first-order chi connectivity index (χ1) is 5.33. The van der Waals surface area contributed by atoms with Crippen LogP contribution in [0.2, 0.25) is 0 Å². The van der Waals surface area contributed by atoms with E-state index >= 15 is 0 Å². The molecule has 0 aromatic carbocycles. The summed E-state index contributed by atoms with van der Waals surface area (Å²) in [4.78, 5) is 2.13. The molecule has 0 aromatic heterocycles. The summed E-state index contributed by atoms with van der Waals surface area (Å²) in [5.41, 5.74) is 1.29. The number of nitrogens with zero attached hydrogens (tertiary/aromatic N) is 1. The fraction of sp³-hybridized carbons (Fsp3) is 0.333. The molecule has 60 valence electrons. The van der Waals surface area contributed by atoms with E-state index in [0.717, 1.165) is 6.54 Å². The van der Waals surface area contributed by atoms with Gasteiger partial charge in [0.2, 0.25) is 0 Å². The summed E-state index contributed by atoms with van der Waals surface area (Å²) in [6.45, 7) is 3.06. The highest BCUT2D eigenvalue weighted by Gasteiger charge is 1.96. The summed E-state index contributed by atoms with van der Waals surface area (Å²) in [7, 11) is 1.90. The van der Waals surface area contributed by atoms with E-state index in [2.05, 4.69) is 35.5 Å². The minimum absolute atomic E-state index is 0.968. The van der Waals surface area contributed by atoms with E-state index in [1.165, 1.54) is 5.57 Å². The van der Waals surface area contributed by atoms with Gasteiger partial charge in [-0.15, -0.1) is 0 Å². The summed E-state index contributed by atoms with van der Waals surface area (Å²) in [6, 6.07) is 0. The lowest BCUT2D eigenvalue weighted by molar-refractivity contribution is 0.551. The third-order valence-corrected chi connectivity index (χ3v) is 1.50. The van der Waals surface area contributed by atoms with Gasteiger partial charge in [-0.2, -0.15) is 0 Å². The average Bonchev–Trinajstić information content (AvgIpc) is 2.01. The molecule has 0 aromatic rings. The fourth-order valence-corrected chi connectivity index (χ4v) is 0.992. The molecule has 0 atom stereocenters. The van der Waals surface area contributed by atoms with Gasteiger partial charge < -0.3 is 10.2 Å². The lowest BCUT2D eigenvalue weighted by atomic mass is 10.2. The van der Waals surface area contributed by atoms with E-state index in [9.17, 15) is 0 Å². The van der Waals surface area contributed by atoms with Crippen LogP contribution in [0.3, 0.4) is 0 Å². The molecule has 1 rings (SSSR count). The van der Waals surface area contributed by atoms with Crippen molar-refractivity contribution < 1.29 is 0 Å². The minimum Gasteiger partial charge on any atom is -0.393 e. The van der Waals surface area contributed by atoms with Crippen LogP contribution in [-0.4, -0.2) is 18.5 Å². The van der Waals surface area contributed by atoms with Gasteiger partial charge in [-0.25, -0.2) is 0 Å². The predicted octanol–water partition coefficient (Wildman–Crippen LogP) is 1.45. The molecule has 11 heavy (non-hydrogen) atoms. The summed E-state index contributed by atoms with van der Waals surface area (Å²) in [5, 5.41) is 2.95. The maximum atomic E-state index is 2.95. The molecule has 2 heteroatoms. The van der Waals surface area contributed by atoms with E-state index in [4.69, 9.17) is 0 Å². The second-order valence-corrected chi connectivity index (χ2v) is 2.58. The number of rotatable bonds is 2. The molecule has 0 spiro atoms. The topological polar surface area (TPSA) is 15.3 Å².